The molecule has 1 amide bonds. The summed E-state index contributed by atoms with van der Waals surface area (Å²) < 4.78 is 25.2. The Morgan fingerprint density at radius 2 is 2.04 bits per heavy atom. The van der Waals surface area contributed by atoms with Crippen LogP contribution in [0.5, 0.6) is 0 Å². The molecule has 1 unspecified atom stereocenters. The van der Waals surface area contributed by atoms with Crippen molar-refractivity contribution in [3.63, 3.8) is 0 Å². The van der Waals surface area contributed by atoms with Gasteiger partial charge in [-0.05, 0) is 43.9 Å². The lowest BCUT2D eigenvalue weighted by Crippen LogP contribution is -2.29. The number of nitrogens with one attached hydrogen (secondary N) is 2. The lowest BCUT2D eigenvalue weighted by Gasteiger charge is -2.15. The van der Waals surface area contributed by atoms with Crippen LogP contribution in [0, 0.1) is 5.82 Å². The number of halogens is 3. The molecule has 0 bridgehead atoms. The van der Waals surface area contributed by atoms with Gasteiger partial charge in [-0.1, -0.05) is 0 Å². The van der Waals surface area contributed by atoms with Crippen LogP contribution < -0.4 is 16.4 Å². The lowest BCUT2D eigenvalue weighted by atomic mass is 10.2. The number of amides is 1. The molecule has 148 valence electrons. The number of rotatable bonds is 6. The summed E-state index contributed by atoms with van der Waals surface area (Å²) in [6, 6.07) is 4.61. The van der Waals surface area contributed by atoms with Gasteiger partial charge in [-0.3, -0.25) is 4.79 Å². The number of anilines is 2. The first-order valence-electron chi connectivity index (χ1n) is 8.47. The van der Waals surface area contributed by atoms with Gasteiger partial charge in [-0.25, -0.2) is 4.39 Å². The molecule has 1 aromatic rings. The fraction of sp³-hybridized carbons (Fsp3) is 0.588. The zero-order valence-electron chi connectivity index (χ0n) is 14.4. The van der Waals surface area contributed by atoms with Gasteiger partial charge >= 0.3 is 0 Å². The molecule has 3 atom stereocenters. The van der Waals surface area contributed by atoms with Gasteiger partial charge in [0.1, 0.15) is 11.9 Å². The third-order valence-electron chi connectivity index (χ3n) is 4.44. The molecule has 2 aliphatic rings. The molecule has 2 aliphatic heterocycles. The van der Waals surface area contributed by atoms with E-state index in [0.29, 0.717) is 30.9 Å². The van der Waals surface area contributed by atoms with Crippen molar-refractivity contribution in [1.29, 1.82) is 0 Å². The van der Waals surface area contributed by atoms with E-state index in [-0.39, 0.29) is 42.9 Å². The molecule has 2 saturated heterocycles. The molecular weight excluding hydrogens is 384 g/mol. The van der Waals surface area contributed by atoms with Crippen molar-refractivity contribution >= 4 is 42.1 Å². The Morgan fingerprint density at radius 3 is 2.65 bits per heavy atom. The Hall–Kier alpha value is -1.12. The van der Waals surface area contributed by atoms with E-state index in [4.69, 9.17) is 15.2 Å². The topological polar surface area (TPSA) is 85.6 Å². The van der Waals surface area contributed by atoms with Crippen LogP contribution in [0.3, 0.4) is 0 Å². The molecule has 0 saturated carbocycles. The number of benzene rings is 1. The number of carbonyl (C=O) groups excluding carboxylic acids is 1. The fourth-order valence-corrected chi connectivity index (χ4v) is 3.06. The lowest BCUT2D eigenvalue weighted by molar-refractivity contribution is -0.126. The van der Waals surface area contributed by atoms with Crippen molar-refractivity contribution in [3.05, 3.63) is 24.0 Å². The molecule has 1 aromatic carbocycles. The molecule has 26 heavy (non-hydrogen) atoms. The second kappa shape index (κ2) is 10.9. The van der Waals surface area contributed by atoms with Crippen molar-refractivity contribution in [2.75, 3.05) is 30.3 Å². The van der Waals surface area contributed by atoms with Gasteiger partial charge in [0.25, 0.3) is 5.91 Å². The van der Waals surface area contributed by atoms with Crippen LogP contribution in [0.25, 0.3) is 0 Å². The average molecular weight is 410 g/mol. The second-order valence-electron chi connectivity index (χ2n) is 6.26. The Bertz CT molecular complexity index is 588. The van der Waals surface area contributed by atoms with Gasteiger partial charge in [-0.15, -0.1) is 24.8 Å². The minimum absolute atomic E-state index is 0. The second-order valence-corrected chi connectivity index (χ2v) is 6.26. The first kappa shape index (κ1) is 22.9. The van der Waals surface area contributed by atoms with Crippen LogP contribution >= 0.6 is 24.8 Å². The molecule has 2 fully saturated rings. The molecule has 0 spiro atoms. The maximum absolute atomic E-state index is 14.2. The minimum atomic E-state index is -0.515. The van der Waals surface area contributed by atoms with E-state index >= 15 is 0 Å². The molecule has 2 heterocycles. The van der Waals surface area contributed by atoms with Crippen LogP contribution in [0.4, 0.5) is 15.8 Å². The van der Waals surface area contributed by atoms with Gasteiger partial charge in [0.2, 0.25) is 0 Å². The first-order valence-corrected chi connectivity index (χ1v) is 8.47. The number of hydrogen-bond acceptors (Lipinski definition) is 5. The van der Waals surface area contributed by atoms with Crippen molar-refractivity contribution in [1.82, 2.24) is 0 Å². The van der Waals surface area contributed by atoms with E-state index in [1.807, 2.05) is 0 Å². The number of nitrogens with two attached hydrogens (primary N) is 1. The Balaban J connectivity index is 0.00000169. The zero-order chi connectivity index (χ0) is 16.9. The van der Waals surface area contributed by atoms with Crippen LogP contribution in [-0.2, 0) is 14.3 Å². The predicted octanol–water partition coefficient (Wildman–Crippen LogP) is 2.71. The average Bonchev–Trinajstić information content (AvgIpc) is 3.25. The van der Waals surface area contributed by atoms with E-state index in [1.54, 1.807) is 12.1 Å². The highest BCUT2D eigenvalue weighted by molar-refractivity contribution is 5.94. The standard InChI is InChI=1S/C17H24FN3O3.2ClH/c18-14-8-11(21-17(22)16-6-4-12(9-19)24-16)3-5-15(14)20-10-13-2-1-7-23-13;;/h3,5,8,12-13,16,20H,1-2,4,6-7,9-10,19H2,(H,21,22);2*1H/t12-,13?,16+;;/m1../s1. The summed E-state index contributed by atoms with van der Waals surface area (Å²) in [5.74, 6) is -0.664. The minimum Gasteiger partial charge on any atom is -0.380 e. The molecule has 4 N–H and O–H groups in total. The monoisotopic (exact) mass is 409 g/mol. The highest BCUT2D eigenvalue weighted by atomic mass is 35.5. The highest BCUT2D eigenvalue weighted by Gasteiger charge is 2.29. The summed E-state index contributed by atoms with van der Waals surface area (Å²) in [6.45, 7) is 1.76. The van der Waals surface area contributed by atoms with E-state index < -0.39 is 11.9 Å². The van der Waals surface area contributed by atoms with Gasteiger partial charge in [0.05, 0.1) is 17.9 Å². The molecule has 0 radical (unpaired) electrons. The maximum atomic E-state index is 14.2. The van der Waals surface area contributed by atoms with Gasteiger partial charge in [0.15, 0.2) is 0 Å². The van der Waals surface area contributed by atoms with E-state index in [0.717, 1.165) is 25.9 Å². The highest BCUT2D eigenvalue weighted by Crippen LogP contribution is 2.23. The third kappa shape index (κ3) is 5.96. The summed E-state index contributed by atoms with van der Waals surface area (Å²) in [4.78, 5) is 12.1. The molecular formula is C17H26Cl2FN3O3. The van der Waals surface area contributed by atoms with Crippen molar-refractivity contribution < 1.29 is 18.7 Å². The Kier molecular flexibility index (Phi) is 9.60. The summed E-state index contributed by atoms with van der Waals surface area (Å²) in [6.07, 6.45) is 3.01. The molecule has 3 rings (SSSR count). The third-order valence-corrected chi connectivity index (χ3v) is 4.44. The smallest absolute Gasteiger partial charge is 0.253 e. The Morgan fingerprint density at radius 1 is 1.23 bits per heavy atom. The van der Waals surface area contributed by atoms with Crippen molar-refractivity contribution in [2.24, 2.45) is 5.73 Å². The van der Waals surface area contributed by atoms with Gasteiger partial charge in [0, 0.05) is 25.4 Å². The largest absolute Gasteiger partial charge is 0.380 e. The first-order chi connectivity index (χ1) is 11.7. The zero-order valence-corrected chi connectivity index (χ0v) is 16.0. The molecule has 6 nitrogen and oxygen atoms in total. The van der Waals surface area contributed by atoms with Crippen molar-refractivity contribution in [3.8, 4) is 0 Å². The number of ether oxygens (including phenoxy) is 2. The Labute approximate surface area is 165 Å². The van der Waals surface area contributed by atoms with Gasteiger partial charge in [-0.2, -0.15) is 0 Å². The quantitative estimate of drug-likeness (QED) is 0.672. The van der Waals surface area contributed by atoms with Crippen molar-refractivity contribution in [2.45, 2.75) is 44.0 Å². The van der Waals surface area contributed by atoms with E-state index in [2.05, 4.69) is 10.6 Å². The molecule has 0 aliphatic carbocycles. The van der Waals surface area contributed by atoms with Gasteiger partial charge < -0.3 is 25.8 Å². The fourth-order valence-electron chi connectivity index (χ4n) is 3.06. The van der Waals surface area contributed by atoms with E-state index in [1.165, 1.54) is 6.07 Å². The number of hydrogen-bond donors (Lipinski definition) is 3. The summed E-state index contributed by atoms with van der Waals surface area (Å²) in [7, 11) is 0. The van der Waals surface area contributed by atoms with E-state index in [9.17, 15) is 9.18 Å². The SMILES string of the molecule is Cl.Cl.NC[C@H]1CC[C@@H](C(=O)Nc2ccc(NCC3CCCO3)c(F)c2)O1. The normalized spacial score (nSPS) is 24.5. The van der Waals surface area contributed by atoms with Crippen LogP contribution in [0.2, 0.25) is 0 Å². The van der Waals surface area contributed by atoms with Crippen LogP contribution in [-0.4, -0.2) is 43.9 Å². The summed E-state index contributed by atoms with van der Waals surface area (Å²) in [5, 5.41) is 5.75. The summed E-state index contributed by atoms with van der Waals surface area (Å²) >= 11 is 0. The maximum Gasteiger partial charge on any atom is 0.253 e. The summed E-state index contributed by atoms with van der Waals surface area (Å²) in [5.41, 5.74) is 6.36. The van der Waals surface area contributed by atoms with Crippen LogP contribution in [0.15, 0.2) is 18.2 Å². The molecule has 9 heteroatoms. The number of carbonyl (C=O) groups is 1. The predicted molar refractivity (Wildman–Crippen MR) is 104 cm³/mol. The molecule has 0 aromatic heterocycles. The van der Waals surface area contributed by atoms with Crippen LogP contribution in [0.1, 0.15) is 25.7 Å².